The summed E-state index contributed by atoms with van der Waals surface area (Å²) in [4.78, 5) is 0. The van der Waals surface area contributed by atoms with Gasteiger partial charge in [0.05, 0.1) is 0 Å². The number of hydrogen-bond donors (Lipinski definition) is 1. The average molecular weight is 280 g/mol. The predicted molar refractivity (Wildman–Crippen MR) is 73.4 cm³/mol. The molecule has 2 heteroatoms. The molecule has 86 valence electrons. The van der Waals surface area contributed by atoms with E-state index in [0.29, 0.717) is 6.04 Å². The van der Waals surface area contributed by atoms with Crippen molar-refractivity contribution in [2.45, 2.75) is 32.7 Å². The maximum atomic E-state index is 5.32. The van der Waals surface area contributed by atoms with Gasteiger partial charge < -0.3 is 5.32 Å². The average Bonchev–Trinajstić information content (AvgIpc) is 2.25. The standard InChI is InChI=1S/C14H18BrN/c1-4-6-7-14(16-5-2)12-9-8-11(3)10-13(12)15/h1,8-10,14,16H,5-7H2,2-3H3. The lowest BCUT2D eigenvalue weighted by Gasteiger charge is -2.19. The van der Waals surface area contributed by atoms with Crippen LogP contribution in [0.1, 0.15) is 36.9 Å². The van der Waals surface area contributed by atoms with Crippen molar-refractivity contribution in [3.63, 3.8) is 0 Å². The van der Waals surface area contributed by atoms with E-state index in [9.17, 15) is 0 Å². The zero-order chi connectivity index (χ0) is 12.0. The van der Waals surface area contributed by atoms with Crippen LogP contribution in [0.3, 0.4) is 0 Å². The topological polar surface area (TPSA) is 12.0 Å². The minimum Gasteiger partial charge on any atom is -0.310 e. The summed E-state index contributed by atoms with van der Waals surface area (Å²) in [5.74, 6) is 2.70. The maximum absolute atomic E-state index is 5.32. The molecule has 0 bridgehead atoms. The molecule has 0 aromatic heterocycles. The third-order valence-electron chi connectivity index (χ3n) is 2.56. The van der Waals surface area contributed by atoms with Crippen LogP contribution in [0.4, 0.5) is 0 Å². The van der Waals surface area contributed by atoms with E-state index in [2.05, 4.69) is 59.2 Å². The monoisotopic (exact) mass is 279 g/mol. The van der Waals surface area contributed by atoms with Crippen LogP contribution < -0.4 is 5.32 Å². The molecule has 1 N–H and O–H groups in total. The largest absolute Gasteiger partial charge is 0.310 e. The summed E-state index contributed by atoms with van der Waals surface area (Å²) in [5, 5.41) is 3.47. The van der Waals surface area contributed by atoms with E-state index in [1.165, 1.54) is 11.1 Å². The van der Waals surface area contributed by atoms with Crippen LogP contribution in [0.25, 0.3) is 0 Å². The van der Waals surface area contributed by atoms with Gasteiger partial charge in [-0.05, 0) is 37.1 Å². The normalized spacial score (nSPS) is 12.1. The predicted octanol–water partition coefficient (Wildman–Crippen LogP) is 3.82. The Balaban J connectivity index is 2.87. The number of rotatable bonds is 5. The molecule has 0 spiro atoms. The maximum Gasteiger partial charge on any atom is 0.0340 e. The van der Waals surface area contributed by atoms with Crippen LogP contribution in [0, 0.1) is 19.3 Å². The second-order valence-corrected chi connectivity index (χ2v) is 4.73. The fourth-order valence-electron chi connectivity index (χ4n) is 1.76. The van der Waals surface area contributed by atoms with Gasteiger partial charge in [-0.15, -0.1) is 12.3 Å². The highest BCUT2D eigenvalue weighted by atomic mass is 79.9. The number of benzene rings is 1. The van der Waals surface area contributed by atoms with Gasteiger partial charge in [0.2, 0.25) is 0 Å². The van der Waals surface area contributed by atoms with Gasteiger partial charge in [-0.1, -0.05) is 35.0 Å². The summed E-state index contributed by atoms with van der Waals surface area (Å²) in [6, 6.07) is 6.80. The lowest BCUT2D eigenvalue weighted by Crippen LogP contribution is -2.21. The van der Waals surface area contributed by atoms with Crippen LogP contribution in [0.5, 0.6) is 0 Å². The van der Waals surface area contributed by atoms with Crippen LogP contribution in [0.2, 0.25) is 0 Å². The van der Waals surface area contributed by atoms with E-state index in [0.717, 1.165) is 23.9 Å². The summed E-state index contributed by atoms with van der Waals surface area (Å²) in [5.41, 5.74) is 2.56. The molecule has 0 amide bonds. The number of halogens is 1. The Morgan fingerprint density at radius 3 is 2.81 bits per heavy atom. The third kappa shape index (κ3) is 3.66. The van der Waals surface area contributed by atoms with Crippen molar-refractivity contribution in [2.24, 2.45) is 0 Å². The van der Waals surface area contributed by atoms with E-state index < -0.39 is 0 Å². The SMILES string of the molecule is C#CCCC(NCC)c1ccc(C)cc1Br. The molecular weight excluding hydrogens is 262 g/mol. The van der Waals surface area contributed by atoms with Crippen molar-refractivity contribution in [2.75, 3.05) is 6.54 Å². The van der Waals surface area contributed by atoms with Gasteiger partial charge in [0.25, 0.3) is 0 Å². The smallest absolute Gasteiger partial charge is 0.0340 e. The molecule has 1 nitrogen and oxygen atoms in total. The fourth-order valence-corrected chi connectivity index (χ4v) is 2.53. The first-order chi connectivity index (χ1) is 7.69. The number of terminal acetylenes is 1. The Hall–Kier alpha value is -0.780. The fraction of sp³-hybridized carbons (Fsp3) is 0.429. The Labute approximate surface area is 107 Å². The van der Waals surface area contributed by atoms with Gasteiger partial charge in [-0.25, -0.2) is 0 Å². The first-order valence-corrected chi connectivity index (χ1v) is 6.41. The number of nitrogens with one attached hydrogen (secondary N) is 1. The van der Waals surface area contributed by atoms with Gasteiger partial charge >= 0.3 is 0 Å². The third-order valence-corrected chi connectivity index (χ3v) is 3.25. The molecule has 1 atom stereocenters. The molecule has 0 heterocycles. The van der Waals surface area contributed by atoms with Gasteiger partial charge in [0, 0.05) is 16.9 Å². The van der Waals surface area contributed by atoms with E-state index in [4.69, 9.17) is 6.42 Å². The number of aryl methyl sites for hydroxylation is 1. The molecule has 0 aliphatic heterocycles. The molecule has 1 aromatic rings. The summed E-state index contributed by atoms with van der Waals surface area (Å²) in [7, 11) is 0. The summed E-state index contributed by atoms with van der Waals surface area (Å²) >= 11 is 3.62. The zero-order valence-electron chi connectivity index (χ0n) is 9.89. The van der Waals surface area contributed by atoms with Crippen molar-refractivity contribution in [3.8, 4) is 12.3 Å². The molecule has 0 aliphatic rings. The van der Waals surface area contributed by atoms with E-state index in [-0.39, 0.29) is 0 Å². The van der Waals surface area contributed by atoms with Crippen LogP contribution in [-0.2, 0) is 0 Å². The first kappa shape index (κ1) is 13.3. The highest BCUT2D eigenvalue weighted by molar-refractivity contribution is 9.10. The highest BCUT2D eigenvalue weighted by Gasteiger charge is 2.12. The van der Waals surface area contributed by atoms with E-state index in [1.807, 2.05) is 0 Å². The lowest BCUT2D eigenvalue weighted by molar-refractivity contribution is 0.521. The van der Waals surface area contributed by atoms with Crippen molar-refractivity contribution in [1.82, 2.24) is 5.32 Å². The molecule has 16 heavy (non-hydrogen) atoms. The molecule has 0 fully saturated rings. The minimum atomic E-state index is 0.344. The molecule has 1 rings (SSSR count). The van der Waals surface area contributed by atoms with Gasteiger partial charge in [0.1, 0.15) is 0 Å². The number of hydrogen-bond acceptors (Lipinski definition) is 1. The molecule has 1 unspecified atom stereocenters. The van der Waals surface area contributed by atoms with E-state index >= 15 is 0 Å². The van der Waals surface area contributed by atoms with E-state index in [1.54, 1.807) is 0 Å². The second-order valence-electron chi connectivity index (χ2n) is 3.88. The van der Waals surface area contributed by atoms with Crippen molar-refractivity contribution in [3.05, 3.63) is 33.8 Å². The van der Waals surface area contributed by atoms with Crippen molar-refractivity contribution in [1.29, 1.82) is 0 Å². The van der Waals surface area contributed by atoms with Crippen LogP contribution in [0.15, 0.2) is 22.7 Å². The molecule has 0 saturated heterocycles. The van der Waals surface area contributed by atoms with Crippen molar-refractivity contribution >= 4 is 15.9 Å². The quantitative estimate of drug-likeness (QED) is 0.808. The Morgan fingerprint density at radius 2 is 2.25 bits per heavy atom. The Morgan fingerprint density at radius 1 is 1.50 bits per heavy atom. The van der Waals surface area contributed by atoms with Gasteiger partial charge in [-0.3, -0.25) is 0 Å². The Bertz CT molecular complexity index is 379. The molecule has 0 radical (unpaired) electrons. The van der Waals surface area contributed by atoms with Crippen LogP contribution >= 0.6 is 15.9 Å². The lowest BCUT2D eigenvalue weighted by atomic mass is 10.0. The molecule has 0 saturated carbocycles. The first-order valence-electron chi connectivity index (χ1n) is 5.62. The summed E-state index contributed by atoms with van der Waals surface area (Å²) < 4.78 is 1.16. The summed E-state index contributed by atoms with van der Waals surface area (Å²) in [6.07, 6.45) is 7.11. The van der Waals surface area contributed by atoms with Gasteiger partial charge in [-0.2, -0.15) is 0 Å². The van der Waals surface area contributed by atoms with Crippen LogP contribution in [-0.4, -0.2) is 6.54 Å². The Kier molecular flexibility index (Phi) is 5.59. The molecule has 1 aromatic carbocycles. The highest BCUT2D eigenvalue weighted by Crippen LogP contribution is 2.27. The molecular formula is C14H18BrN. The summed E-state index contributed by atoms with van der Waals surface area (Å²) in [6.45, 7) is 5.17. The van der Waals surface area contributed by atoms with Gasteiger partial charge in [0.15, 0.2) is 0 Å². The zero-order valence-corrected chi connectivity index (χ0v) is 11.5. The molecule has 0 aliphatic carbocycles. The van der Waals surface area contributed by atoms with Crippen molar-refractivity contribution < 1.29 is 0 Å². The minimum absolute atomic E-state index is 0.344. The second kappa shape index (κ2) is 6.73.